The first-order valence-corrected chi connectivity index (χ1v) is 5.21. The van der Waals surface area contributed by atoms with Gasteiger partial charge >= 0.3 is 0 Å². The summed E-state index contributed by atoms with van der Waals surface area (Å²) in [5, 5.41) is 19.8. The van der Waals surface area contributed by atoms with Crippen molar-refractivity contribution in [1.82, 2.24) is 0 Å². The maximum atomic E-state index is 10.5. The molecule has 0 aromatic heterocycles. The Hall–Kier alpha value is -1.28. The lowest BCUT2D eigenvalue weighted by Gasteiger charge is -2.42. The molecule has 0 spiro atoms. The highest BCUT2D eigenvalue weighted by molar-refractivity contribution is 5.31. The van der Waals surface area contributed by atoms with Crippen LogP contribution in [0.5, 0.6) is 0 Å². The van der Waals surface area contributed by atoms with E-state index in [0.717, 1.165) is 6.42 Å². The lowest BCUT2D eigenvalue weighted by atomic mass is 9.67. The molecular formula is C13H16O2. The van der Waals surface area contributed by atoms with E-state index in [2.05, 4.69) is 6.08 Å². The zero-order valence-electron chi connectivity index (χ0n) is 8.85. The van der Waals surface area contributed by atoms with Crippen LogP contribution in [-0.2, 0) is 0 Å². The highest BCUT2D eigenvalue weighted by Gasteiger charge is 2.43. The van der Waals surface area contributed by atoms with Crippen molar-refractivity contribution < 1.29 is 10.2 Å². The minimum atomic E-state index is -0.888. The Kier molecular flexibility index (Phi) is 2.31. The Morgan fingerprint density at radius 1 is 1.20 bits per heavy atom. The Morgan fingerprint density at radius 2 is 2.00 bits per heavy atom. The van der Waals surface area contributed by atoms with Crippen LogP contribution in [0.25, 0.3) is 0 Å². The average Bonchev–Trinajstić information content (AvgIpc) is 2.24. The van der Waals surface area contributed by atoms with Crippen molar-refractivity contribution in [3.8, 4) is 0 Å². The van der Waals surface area contributed by atoms with Gasteiger partial charge in [-0.2, -0.15) is 0 Å². The molecule has 0 heterocycles. The standard InChI is InChI=1S/C13H16O2/c1-12(7-3-2-4-8-12)13(15)9-5-11(14)6-10-13/h2-7,9,14-15H,8,10H2,1H3. The normalized spacial score (nSPS) is 39.2. The largest absolute Gasteiger partial charge is 0.508 e. The van der Waals surface area contributed by atoms with Gasteiger partial charge < -0.3 is 10.2 Å². The molecule has 2 aliphatic rings. The Labute approximate surface area is 89.9 Å². The molecule has 0 fully saturated rings. The van der Waals surface area contributed by atoms with Gasteiger partial charge in [0.1, 0.15) is 5.76 Å². The predicted molar refractivity (Wildman–Crippen MR) is 60.4 cm³/mol. The predicted octanol–water partition coefficient (Wildman–Crippen LogP) is 2.64. The van der Waals surface area contributed by atoms with Crippen LogP contribution in [-0.4, -0.2) is 15.8 Å². The molecule has 2 atom stereocenters. The minimum absolute atomic E-state index is 0.235. The van der Waals surface area contributed by atoms with Gasteiger partial charge in [0.15, 0.2) is 0 Å². The van der Waals surface area contributed by atoms with Crippen LogP contribution in [0.2, 0.25) is 0 Å². The molecule has 80 valence electrons. The van der Waals surface area contributed by atoms with E-state index in [0.29, 0.717) is 6.42 Å². The van der Waals surface area contributed by atoms with Gasteiger partial charge in [0.2, 0.25) is 0 Å². The quantitative estimate of drug-likeness (QED) is 0.689. The Morgan fingerprint density at radius 3 is 2.53 bits per heavy atom. The van der Waals surface area contributed by atoms with Crippen molar-refractivity contribution in [3.05, 3.63) is 48.3 Å². The van der Waals surface area contributed by atoms with E-state index < -0.39 is 5.60 Å². The maximum absolute atomic E-state index is 10.5. The number of aliphatic hydroxyl groups is 2. The van der Waals surface area contributed by atoms with Crippen molar-refractivity contribution in [2.75, 3.05) is 0 Å². The topological polar surface area (TPSA) is 40.5 Å². The molecule has 0 aromatic carbocycles. The second-order valence-corrected chi connectivity index (χ2v) is 4.50. The average molecular weight is 204 g/mol. The monoisotopic (exact) mass is 204 g/mol. The zero-order chi connectivity index (χ0) is 10.9. The van der Waals surface area contributed by atoms with Crippen LogP contribution in [0.3, 0.4) is 0 Å². The molecule has 0 bridgehead atoms. The summed E-state index contributed by atoms with van der Waals surface area (Å²) in [4.78, 5) is 0. The van der Waals surface area contributed by atoms with Crippen LogP contribution in [0, 0.1) is 5.41 Å². The summed E-state index contributed by atoms with van der Waals surface area (Å²) < 4.78 is 0. The molecule has 0 amide bonds. The summed E-state index contributed by atoms with van der Waals surface area (Å²) in [7, 11) is 0. The van der Waals surface area contributed by atoms with Gasteiger partial charge in [-0.3, -0.25) is 0 Å². The van der Waals surface area contributed by atoms with Crippen LogP contribution >= 0.6 is 0 Å². The highest BCUT2D eigenvalue weighted by atomic mass is 16.3. The molecule has 0 saturated carbocycles. The first-order chi connectivity index (χ1) is 7.06. The Bertz CT molecular complexity index is 376. The van der Waals surface area contributed by atoms with Crippen molar-refractivity contribution in [3.63, 3.8) is 0 Å². The molecule has 2 rings (SSSR count). The maximum Gasteiger partial charge on any atom is 0.111 e. The van der Waals surface area contributed by atoms with Crippen LogP contribution < -0.4 is 0 Å². The summed E-state index contributed by atoms with van der Waals surface area (Å²) in [6.07, 6.45) is 14.3. The molecule has 2 heteroatoms. The van der Waals surface area contributed by atoms with Gasteiger partial charge in [-0.1, -0.05) is 31.2 Å². The fourth-order valence-electron chi connectivity index (χ4n) is 2.09. The fraction of sp³-hybridized carbons (Fsp3) is 0.385. The molecule has 0 saturated heterocycles. The summed E-state index contributed by atoms with van der Waals surface area (Å²) >= 11 is 0. The van der Waals surface area contributed by atoms with E-state index in [4.69, 9.17) is 0 Å². The SMILES string of the molecule is CC1(C2(O)C=CC(O)=CC2)C=CC=CC1. The molecule has 0 aliphatic heterocycles. The van der Waals surface area contributed by atoms with Crippen molar-refractivity contribution in [2.24, 2.45) is 5.41 Å². The van der Waals surface area contributed by atoms with Crippen LogP contribution in [0.1, 0.15) is 19.8 Å². The number of allylic oxidation sites excluding steroid dienone is 4. The Balaban J connectivity index is 2.27. The third-order valence-electron chi connectivity index (χ3n) is 3.39. The molecule has 0 radical (unpaired) electrons. The molecule has 0 aromatic rings. The molecule has 2 aliphatic carbocycles. The van der Waals surface area contributed by atoms with Gasteiger partial charge in [0.25, 0.3) is 0 Å². The zero-order valence-corrected chi connectivity index (χ0v) is 8.85. The second kappa shape index (κ2) is 3.38. The lowest BCUT2D eigenvalue weighted by Crippen LogP contribution is -2.44. The second-order valence-electron chi connectivity index (χ2n) is 4.50. The van der Waals surface area contributed by atoms with E-state index in [1.807, 2.05) is 25.2 Å². The van der Waals surface area contributed by atoms with E-state index in [9.17, 15) is 10.2 Å². The molecule has 2 unspecified atom stereocenters. The molecular weight excluding hydrogens is 188 g/mol. The third-order valence-corrected chi connectivity index (χ3v) is 3.39. The smallest absolute Gasteiger partial charge is 0.111 e. The molecule has 15 heavy (non-hydrogen) atoms. The van der Waals surface area contributed by atoms with E-state index in [1.54, 1.807) is 18.2 Å². The van der Waals surface area contributed by atoms with Crippen molar-refractivity contribution in [2.45, 2.75) is 25.4 Å². The first kappa shape index (κ1) is 10.2. The van der Waals surface area contributed by atoms with Gasteiger partial charge in [-0.05, 0) is 24.6 Å². The van der Waals surface area contributed by atoms with E-state index >= 15 is 0 Å². The van der Waals surface area contributed by atoms with Crippen molar-refractivity contribution >= 4 is 0 Å². The van der Waals surface area contributed by atoms with Crippen molar-refractivity contribution in [1.29, 1.82) is 0 Å². The minimum Gasteiger partial charge on any atom is -0.508 e. The molecule has 2 nitrogen and oxygen atoms in total. The molecule has 2 N–H and O–H groups in total. The van der Waals surface area contributed by atoms with Gasteiger partial charge in [-0.25, -0.2) is 0 Å². The first-order valence-electron chi connectivity index (χ1n) is 5.21. The number of rotatable bonds is 1. The van der Waals surface area contributed by atoms with E-state index in [-0.39, 0.29) is 11.2 Å². The fourth-order valence-corrected chi connectivity index (χ4v) is 2.09. The number of aliphatic hydroxyl groups excluding tert-OH is 1. The third kappa shape index (κ3) is 1.65. The summed E-state index contributed by atoms with van der Waals surface area (Å²) in [5.41, 5.74) is -1.17. The van der Waals surface area contributed by atoms with Crippen LogP contribution in [0.15, 0.2) is 48.3 Å². The summed E-state index contributed by atoms with van der Waals surface area (Å²) in [6.45, 7) is 2.04. The van der Waals surface area contributed by atoms with Gasteiger partial charge in [0, 0.05) is 11.8 Å². The number of hydrogen-bond acceptors (Lipinski definition) is 2. The van der Waals surface area contributed by atoms with E-state index in [1.165, 1.54) is 0 Å². The lowest BCUT2D eigenvalue weighted by molar-refractivity contribution is -0.00558. The highest BCUT2D eigenvalue weighted by Crippen LogP contribution is 2.43. The summed E-state index contributed by atoms with van der Waals surface area (Å²) in [5.74, 6) is 0.235. The summed E-state index contributed by atoms with van der Waals surface area (Å²) in [6, 6.07) is 0. The number of hydrogen-bond donors (Lipinski definition) is 2. The van der Waals surface area contributed by atoms with Crippen LogP contribution in [0.4, 0.5) is 0 Å². The van der Waals surface area contributed by atoms with Gasteiger partial charge in [0.05, 0.1) is 5.60 Å². The van der Waals surface area contributed by atoms with Gasteiger partial charge in [-0.15, -0.1) is 0 Å².